The fraction of sp³-hybridized carbons (Fsp3) is 0.0625. The number of nitrogens with one attached hydrogen (secondary N) is 1. The zero-order valence-corrected chi connectivity index (χ0v) is 11.7. The lowest BCUT2D eigenvalue weighted by Gasteiger charge is -2.09. The molecule has 0 bridgehead atoms. The number of H-pyrrole nitrogens is 1. The minimum Gasteiger partial charge on any atom is -0.392 e. The lowest BCUT2D eigenvalue weighted by atomic mass is 9.95. The lowest BCUT2D eigenvalue weighted by molar-refractivity contribution is 0.0996. The first-order valence-corrected chi connectivity index (χ1v) is 6.71. The number of rotatable bonds is 4. The molecule has 1 heterocycles. The Hall–Kier alpha value is -2.99. The quantitative estimate of drug-likeness (QED) is 0.681. The highest BCUT2D eigenvalue weighted by Gasteiger charge is 2.18. The van der Waals surface area contributed by atoms with Crippen LogP contribution in [0.2, 0.25) is 0 Å². The van der Waals surface area contributed by atoms with Crippen LogP contribution in [0.4, 0.5) is 0 Å². The first kappa shape index (κ1) is 14.0. The Morgan fingerprint density at radius 3 is 2.59 bits per heavy atom. The summed E-state index contributed by atoms with van der Waals surface area (Å²) in [5.41, 5.74) is 9.21. The Kier molecular flexibility index (Phi) is 3.67. The molecule has 0 atom stereocenters. The van der Waals surface area contributed by atoms with Crippen molar-refractivity contribution in [2.45, 2.75) is 6.61 Å². The van der Waals surface area contributed by atoms with Gasteiger partial charge < -0.3 is 10.8 Å². The average Bonchev–Trinajstić information content (AvgIpc) is 3.04. The number of carbonyl (C=O) groups is 1. The topological polar surface area (TPSA) is 105 Å². The fourth-order valence-electron chi connectivity index (χ4n) is 2.37. The third-order valence-electron chi connectivity index (χ3n) is 3.38. The maximum atomic E-state index is 11.5. The maximum Gasteiger partial charge on any atom is 0.271 e. The van der Waals surface area contributed by atoms with E-state index in [9.17, 15) is 9.90 Å². The molecule has 3 rings (SSSR count). The van der Waals surface area contributed by atoms with Crippen molar-refractivity contribution in [1.82, 2.24) is 15.4 Å². The maximum absolute atomic E-state index is 11.5. The molecule has 0 saturated heterocycles. The number of aliphatic hydroxyl groups is 1. The summed E-state index contributed by atoms with van der Waals surface area (Å²) in [6.45, 7) is -0.0352. The Labute approximate surface area is 126 Å². The van der Waals surface area contributed by atoms with Crippen molar-refractivity contribution in [2.24, 2.45) is 5.73 Å². The summed E-state index contributed by atoms with van der Waals surface area (Å²) in [7, 11) is 0. The van der Waals surface area contributed by atoms with E-state index in [4.69, 9.17) is 5.73 Å². The number of aromatic nitrogens is 3. The minimum atomic E-state index is -0.636. The molecular formula is C16H14N4O2. The van der Waals surface area contributed by atoms with Gasteiger partial charge in [-0.25, -0.2) is 0 Å². The molecule has 1 aromatic heterocycles. The second kappa shape index (κ2) is 5.79. The summed E-state index contributed by atoms with van der Waals surface area (Å²) in [5.74, 6) is -0.636. The third-order valence-corrected chi connectivity index (χ3v) is 3.38. The molecule has 2 aromatic carbocycles. The van der Waals surface area contributed by atoms with Crippen molar-refractivity contribution in [3.05, 3.63) is 59.8 Å². The molecule has 4 N–H and O–H groups in total. The van der Waals surface area contributed by atoms with Crippen molar-refractivity contribution < 1.29 is 9.90 Å². The van der Waals surface area contributed by atoms with Crippen LogP contribution < -0.4 is 5.73 Å². The number of amides is 1. The van der Waals surface area contributed by atoms with Crippen molar-refractivity contribution >= 4 is 5.91 Å². The van der Waals surface area contributed by atoms with Gasteiger partial charge in [-0.2, -0.15) is 15.4 Å². The molecule has 0 unspecified atom stereocenters. The van der Waals surface area contributed by atoms with E-state index in [1.54, 1.807) is 0 Å². The molecule has 0 fully saturated rings. The van der Waals surface area contributed by atoms with Gasteiger partial charge in [0.25, 0.3) is 5.91 Å². The Morgan fingerprint density at radius 1 is 1.09 bits per heavy atom. The van der Waals surface area contributed by atoms with Gasteiger partial charge in [-0.05, 0) is 22.8 Å². The monoisotopic (exact) mass is 294 g/mol. The number of aromatic amines is 1. The molecule has 0 saturated carbocycles. The van der Waals surface area contributed by atoms with Crippen LogP contribution >= 0.6 is 0 Å². The molecule has 6 nitrogen and oxygen atoms in total. The minimum absolute atomic E-state index is 0.0352. The normalized spacial score (nSPS) is 10.6. The largest absolute Gasteiger partial charge is 0.392 e. The molecular weight excluding hydrogens is 280 g/mol. The molecule has 110 valence electrons. The van der Waals surface area contributed by atoms with E-state index in [1.165, 1.54) is 0 Å². The lowest BCUT2D eigenvalue weighted by Crippen LogP contribution is -2.12. The highest BCUT2D eigenvalue weighted by molar-refractivity contribution is 5.98. The number of aliphatic hydroxyl groups excluding tert-OH is 1. The van der Waals surface area contributed by atoms with Gasteiger partial charge in [0, 0.05) is 5.56 Å². The number of hydrogen-bond acceptors (Lipinski definition) is 4. The molecule has 22 heavy (non-hydrogen) atoms. The average molecular weight is 294 g/mol. The van der Waals surface area contributed by atoms with Gasteiger partial charge in [-0.15, -0.1) is 0 Å². The number of nitrogens with zero attached hydrogens (tertiary/aromatic N) is 2. The first-order chi connectivity index (χ1) is 10.7. The van der Waals surface area contributed by atoms with E-state index in [0.717, 1.165) is 22.3 Å². The van der Waals surface area contributed by atoms with Gasteiger partial charge in [-0.3, -0.25) is 4.79 Å². The van der Waals surface area contributed by atoms with E-state index in [-0.39, 0.29) is 12.3 Å². The summed E-state index contributed by atoms with van der Waals surface area (Å²) in [6.07, 6.45) is 0. The van der Waals surface area contributed by atoms with Crippen LogP contribution in [-0.2, 0) is 6.61 Å². The smallest absolute Gasteiger partial charge is 0.271 e. The second-order valence-corrected chi connectivity index (χ2v) is 4.79. The van der Waals surface area contributed by atoms with Crippen LogP contribution in [0.1, 0.15) is 16.1 Å². The highest BCUT2D eigenvalue weighted by atomic mass is 16.3. The Bertz CT molecular complexity index is 826. The number of nitrogens with two attached hydrogens (primary N) is 1. The number of hydrogen-bond donors (Lipinski definition) is 3. The van der Waals surface area contributed by atoms with Crippen molar-refractivity contribution in [2.75, 3.05) is 0 Å². The van der Waals surface area contributed by atoms with E-state index in [0.29, 0.717) is 5.69 Å². The van der Waals surface area contributed by atoms with Crippen molar-refractivity contribution in [3.8, 4) is 22.4 Å². The fourth-order valence-corrected chi connectivity index (χ4v) is 2.37. The van der Waals surface area contributed by atoms with Gasteiger partial charge in [0.05, 0.1) is 6.61 Å². The van der Waals surface area contributed by atoms with E-state index < -0.39 is 5.91 Å². The Balaban J connectivity index is 2.18. The standard InChI is InChI=1S/C16H14N4O2/c17-16(22)15-14(18-20-19-15)13-7-2-1-6-12(13)11-5-3-4-10(8-11)9-21/h1-8,21H,9H2,(H2,17,22)(H,18,19,20). The molecule has 0 aliphatic heterocycles. The molecule has 0 radical (unpaired) electrons. The SMILES string of the molecule is NC(=O)c1n[nH]nc1-c1ccccc1-c1cccc(CO)c1. The molecule has 0 spiro atoms. The molecule has 3 aromatic rings. The van der Waals surface area contributed by atoms with Crippen molar-refractivity contribution in [3.63, 3.8) is 0 Å². The van der Waals surface area contributed by atoms with Crippen LogP contribution in [0.25, 0.3) is 22.4 Å². The van der Waals surface area contributed by atoms with Crippen LogP contribution in [0.3, 0.4) is 0 Å². The number of benzene rings is 2. The van der Waals surface area contributed by atoms with Gasteiger partial charge in [0.2, 0.25) is 0 Å². The highest BCUT2D eigenvalue weighted by Crippen LogP contribution is 2.32. The second-order valence-electron chi connectivity index (χ2n) is 4.79. The predicted octanol–water partition coefficient (Wildman–Crippen LogP) is 1.73. The molecule has 0 aliphatic rings. The zero-order chi connectivity index (χ0) is 15.5. The van der Waals surface area contributed by atoms with Gasteiger partial charge in [-0.1, -0.05) is 42.5 Å². The zero-order valence-electron chi connectivity index (χ0n) is 11.7. The summed E-state index contributed by atoms with van der Waals surface area (Å²) < 4.78 is 0. The van der Waals surface area contributed by atoms with Gasteiger partial charge in [0.15, 0.2) is 5.69 Å². The number of carbonyl (C=O) groups excluding carboxylic acids is 1. The van der Waals surface area contributed by atoms with Crippen LogP contribution in [-0.4, -0.2) is 26.4 Å². The summed E-state index contributed by atoms with van der Waals surface area (Å²) in [4.78, 5) is 11.5. The van der Waals surface area contributed by atoms with Gasteiger partial charge in [0.1, 0.15) is 5.69 Å². The van der Waals surface area contributed by atoms with Crippen LogP contribution in [0.5, 0.6) is 0 Å². The summed E-state index contributed by atoms with van der Waals surface area (Å²) in [6, 6.07) is 15.1. The summed E-state index contributed by atoms with van der Waals surface area (Å²) >= 11 is 0. The number of primary amides is 1. The first-order valence-electron chi connectivity index (χ1n) is 6.71. The van der Waals surface area contributed by atoms with Crippen LogP contribution in [0, 0.1) is 0 Å². The van der Waals surface area contributed by atoms with Crippen molar-refractivity contribution in [1.29, 1.82) is 0 Å². The summed E-state index contributed by atoms with van der Waals surface area (Å²) in [5, 5.41) is 19.6. The van der Waals surface area contributed by atoms with Crippen LogP contribution in [0.15, 0.2) is 48.5 Å². The molecule has 1 amide bonds. The Morgan fingerprint density at radius 2 is 1.86 bits per heavy atom. The van der Waals surface area contributed by atoms with E-state index >= 15 is 0 Å². The third kappa shape index (κ3) is 2.47. The molecule has 0 aliphatic carbocycles. The molecule has 6 heteroatoms. The van der Waals surface area contributed by atoms with Gasteiger partial charge >= 0.3 is 0 Å². The predicted molar refractivity (Wildman–Crippen MR) is 81.7 cm³/mol. The van der Waals surface area contributed by atoms with E-state index in [2.05, 4.69) is 15.4 Å². The van der Waals surface area contributed by atoms with E-state index in [1.807, 2.05) is 48.5 Å².